The first-order valence-corrected chi connectivity index (χ1v) is 17.0. The van der Waals surface area contributed by atoms with Crippen LogP contribution in [-0.4, -0.2) is 19.1 Å². The summed E-state index contributed by atoms with van der Waals surface area (Å²) in [6, 6.07) is 52.2. The second kappa shape index (κ2) is 13.4. The maximum atomic E-state index is 6.51. The number of ether oxygens (including phenoxy) is 1. The molecule has 0 bridgehead atoms. The summed E-state index contributed by atoms with van der Waals surface area (Å²) < 4.78 is 12.8. The fourth-order valence-electron chi connectivity index (χ4n) is 6.74. The number of fused-ring (bicyclic) bond motifs is 4. The topological polar surface area (TPSA) is 48.8 Å². The smallest absolute Gasteiger partial charge is 0.268 e. The van der Waals surface area contributed by atoms with Gasteiger partial charge in [0.05, 0.1) is 22.4 Å². The SMILES string of the molecule is CC(C)(C)c1ccnc(-n2c3[c-]c(Oc4[c-]c(-n5[c-][n+](-c6cccnc6-c6ccccc6)c6ccccc65)ccc4)ccc3c3ccccc32)c1.[Pt]. The molecule has 0 spiro atoms. The Hall–Kier alpha value is -5.84. The van der Waals surface area contributed by atoms with Gasteiger partial charge in [0.25, 0.3) is 6.33 Å². The molecule has 0 unspecified atom stereocenters. The summed E-state index contributed by atoms with van der Waals surface area (Å²) in [7, 11) is 0. The molecule has 0 saturated heterocycles. The predicted octanol–water partition coefficient (Wildman–Crippen LogP) is 9.95. The van der Waals surface area contributed by atoms with Crippen molar-refractivity contribution in [1.29, 1.82) is 0 Å². The van der Waals surface area contributed by atoms with E-state index in [1.54, 1.807) is 0 Å². The van der Waals surface area contributed by atoms with Gasteiger partial charge in [-0.2, -0.15) is 18.2 Å². The summed E-state index contributed by atoms with van der Waals surface area (Å²) in [5.41, 5.74) is 8.81. The molecule has 0 aliphatic rings. The summed E-state index contributed by atoms with van der Waals surface area (Å²) in [5.74, 6) is 2.01. The van der Waals surface area contributed by atoms with E-state index in [0.717, 1.165) is 61.3 Å². The Labute approximate surface area is 316 Å². The number of imidazole rings is 1. The molecule has 256 valence electrons. The first-order valence-electron chi connectivity index (χ1n) is 17.0. The van der Waals surface area contributed by atoms with Crippen molar-refractivity contribution >= 4 is 32.8 Å². The Balaban J connectivity index is 0.00000387. The molecule has 0 atom stereocenters. The fourth-order valence-corrected chi connectivity index (χ4v) is 6.74. The van der Waals surface area contributed by atoms with Gasteiger partial charge in [-0.3, -0.25) is 9.55 Å². The summed E-state index contributed by atoms with van der Waals surface area (Å²) in [5, 5.41) is 2.22. The monoisotopic (exact) mass is 854 g/mol. The number of nitrogens with zero attached hydrogens (tertiary/aromatic N) is 5. The number of pyridine rings is 2. The molecule has 5 aromatic carbocycles. The van der Waals surface area contributed by atoms with Crippen LogP contribution in [0.2, 0.25) is 0 Å². The van der Waals surface area contributed by atoms with Crippen molar-refractivity contribution in [3.05, 3.63) is 170 Å². The quantitative estimate of drug-likeness (QED) is 0.124. The van der Waals surface area contributed by atoms with Gasteiger partial charge < -0.3 is 13.9 Å². The van der Waals surface area contributed by atoms with Crippen LogP contribution in [0, 0.1) is 18.5 Å². The Morgan fingerprint density at radius 3 is 2.27 bits per heavy atom. The van der Waals surface area contributed by atoms with E-state index in [2.05, 4.69) is 121 Å². The van der Waals surface area contributed by atoms with Gasteiger partial charge in [0.1, 0.15) is 5.82 Å². The predicted molar refractivity (Wildman–Crippen MR) is 202 cm³/mol. The Kier molecular flexibility index (Phi) is 8.56. The van der Waals surface area contributed by atoms with E-state index in [4.69, 9.17) is 14.7 Å². The molecule has 0 radical (unpaired) electrons. The summed E-state index contributed by atoms with van der Waals surface area (Å²) in [6.07, 6.45) is 7.31. The number of hydrogen-bond donors (Lipinski definition) is 0. The van der Waals surface area contributed by atoms with E-state index >= 15 is 0 Å². The minimum atomic E-state index is -0.0147. The average Bonchev–Trinajstić information content (AvgIpc) is 3.71. The van der Waals surface area contributed by atoms with Crippen LogP contribution in [-0.2, 0) is 26.5 Å². The number of rotatable bonds is 6. The number of para-hydroxylation sites is 3. The van der Waals surface area contributed by atoms with Crippen molar-refractivity contribution in [2.24, 2.45) is 0 Å². The fraction of sp³-hybridized carbons (Fsp3) is 0.0889. The zero-order valence-electron chi connectivity index (χ0n) is 28.8. The van der Waals surface area contributed by atoms with Gasteiger partial charge >= 0.3 is 0 Å². The Morgan fingerprint density at radius 1 is 0.654 bits per heavy atom. The van der Waals surface area contributed by atoms with Crippen LogP contribution in [0.25, 0.3) is 61.3 Å². The maximum Gasteiger partial charge on any atom is 0.268 e. The van der Waals surface area contributed by atoms with Gasteiger partial charge in [-0.05, 0) is 57.9 Å². The van der Waals surface area contributed by atoms with Crippen LogP contribution in [0.5, 0.6) is 11.5 Å². The molecule has 4 heterocycles. The first kappa shape index (κ1) is 33.3. The summed E-state index contributed by atoms with van der Waals surface area (Å²) >= 11 is 0. The largest absolute Gasteiger partial charge is 0.510 e. The number of aromatic nitrogens is 5. The van der Waals surface area contributed by atoms with E-state index in [9.17, 15) is 0 Å². The molecule has 0 amide bonds. The zero-order chi connectivity index (χ0) is 34.5. The Bertz CT molecular complexity index is 2720. The van der Waals surface area contributed by atoms with Crippen molar-refractivity contribution < 1.29 is 30.4 Å². The van der Waals surface area contributed by atoms with Gasteiger partial charge in [0.2, 0.25) is 0 Å². The second-order valence-electron chi connectivity index (χ2n) is 13.6. The van der Waals surface area contributed by atoms with Gasteiger partial charge in [-0.15, -0.1) is 29.7 Å². The van der Waals surface area contributed by atoms with E-state index < -0.39 is 0 Å². The summed E-state index contributed by atoms with van der Waals surface area (Å²) in [6.45, 7) is 6.65. The normalized spacial score (nSPS) is 11.6. The van der Waals surface area contributed by atoms with Crippen LogP contribution in [0.1, 0.15) is 26.3 Å². The summed E-state index contributed by atoms with van der Waals surface area (Å²) in [4.78, 5) is 9.57. The zero-order valence-corrected chi connectivity index (χ0v) is 31.1. The van der Waals surface area contributed by atoms with Crippen molar-refractivity contribution in [2.45, 2.75) is 26.2 Å². The van der Waals surface area contributed by atoms with E-state index in [1.807, 2.05) is 77.6 Å². The minimum absolute atomic E-state index is 0. The molecule has 9 rings (SSSR count). The van der Waals surface area contributed by atoms with E-state index in [-0.39, 0.29) is 26.5 Å². The molecular weight excluding hydrogens is 822 g/mol. The van der Waals surface area contributed by atoms with Crippen LogP contribution in [0.3, 0.4) is 0 Å². The third-order valence-corrected chi connectivity index (χ3v) is 9.25. The van der Waals surface area contributed by atoms with Crippen molar-refractivity contribution in [3.8, 4) is 39.9 Å². The molecule has 6 nitrogen and oxygen atoms in total. The van der Waals surface area contributed by atoms with Gasteiger partial charge in [0, 0.05) is 50.5 Å². The standard InChI is InChI=1S/C45H33N5O.Pt/c1-45(2,3)32-24-26-46-43(27-32)50-38-18-8-7-17-36(38)37-23-22-35(29-42(37)50)51-34-16-11-15-33(28-34)48-30-49(40-20-10-9-19-39(40)48)41-21-12-25-47-44(41)31-13-5-4-6-14-31;/h4-27H,1-3H3;/q-2;. The number of benzene rings is 5. The molecular formula is C45H33N5OPt-2. The molecule has 52 heavy (non-hydrogen) atoms. The van der Waals surface area contributed by atoms with Gasteiger partial charge in [-0.1, -0.05) is 99.1 Å². The van der Waals surface area contributed by atoms with Crippen LogP contribution < -0.4 is 9.30 Å². The molecule has 0 fully saturated rings. The third-order valence-electron chi connectivity index (χ3n) is 9.25. The Morgan fingerprint density at radius 2 is 1.42 bits per heavy atom. The molecule has 4 aromatic heterocycles. The molecule has 0 aliphatic carbocycles. The van der Waals surface area contributed by atoms with Crippen LogP contribution >= 0.6 is 0 Å². The van der Waals surface area contributed by atoms with E-state index in [0.29, 0.717) is 11.5 Å². The molecule has 0 N–H and O–H groups in total. The molecule has 7 heteroatoms. The van der Waals surface area contributed by atoms with Gasteiger partial charge in [0.15, 0.2) is 0 Å². The number of hydrogen-bond acceptors (Lipinski definition) is 3. The van der Waals surface area contributed by atoms with Gasteiger partial charge in [-0.25, -0.2) is 4.98 Å². The van der Waals surface area contributed by atoms with Crippen LogP contribution in [0.4, 0.5) is 0 Å². The molecule has 0 saturated carbocycles. The van der Waals surface area contributed by atoms with Crippen molar-refractivity contribution in [2.75, 3.05) is 0 Å². The molecule has 9 aromatic rings. The van der Waals surface area contributed by atoms with E-state index in [1.165, 1.54) is 5.56 Å². The van der Waals surface area contributed by atoms with Crippen molar-refractivity contribution in [1.82, 2.24) is 19.1 Å². The average molecular weight is 855 g/mol. The maximum absolute atomic E-state index is 6.51. The molecule has 0 aliphatic heterocycles. The second-order valence-corrected chi connectivity index (χ2v) is 13.6. The minimum Gasteiger partial charge on any atom is -0.510 e. The third kappa shape index (κ3) is 5.89. The van der Waals surface area contributed by atoms with Crippen LogP contribution in [0.15, 0.2) is 146 Å². The van der Waals surface area contributed by atoms with Crippen molar-refractivity contribution in [3.63, 3.8) is 0 Å². The first-order chi connectivity index (χ1) is 24.9.